The van der Waals surface area contributed by atoms with Crippen LogP contribution in [-0.4, -0.2) is 37.6 Å². The average molecular weight is 499 g/mol. The van der Waals surface area contributed by atoms with E-state index in [0.29, 0.717) is 16.5 Å². The maximum absolute atomic E-state index is 12.3. The smallest absolute Gasteiger partial charge is 0.272 e. The summed E-state index contributed by atoms with van der Waals surface area (Å²) < 4.78 is 1.92. The largest absolute Gasteiger partial charge is 0.276 e. The van der Waals surface area contributed by atoms with Crippen LogP contribution in [0.5, 0.6) is 0 Å². The van der Waals surface area contributed by atoms with Gasteiger partial charge in [-0.3, -0.25) is 19.5 Å². The summed E-state index contributed by atoms with van der Waals surface area (Å²) in [6, 6.07) is 24.1. The number of aryl methyl sites for hydroxylation is 1. The molecule has 0 fully saturated rings. The molecule has 0 spiro atoms. The predicted octanol–water partition coefficient (Wildman–Crippen LogP) is 5.06. The fourth-order valence-electron chi connectivity index (χ4n) is 3.32. The molecule has 10 heteroatoms. The van der Waals surface area contributed by atoms with Crippen molar-refractivity contribution in [2.24, 2.45) is 5.10 Å². The molecule has 0 aliphatic carbocycles. The van der Waals surface area contributed by atoms with Crippen molar-refractivity contribution in [3.63, 3.8) is 0 Å². The van der Waals surface area contributed by atoms with Gasteiger partial charge >= 0.3 is 0 Å². The number of nitrogens with zero attached hydrogens (tertiary/aromatic N) is 5. The Morgan fingerprint density at radius 2 is 1.78 bits per heavy atom. The molecule has 0 aliphatic heterocycles. The van der Waals surface area contributed by atoms with Crippen molar-refractivity contribution in [2.45, 2.75) is 12.1 Å². The van der Waals surface area contributed by atoms with Gasteiger partial charge < -0.3 is 0 Å². The molecule has 0 aliphatic rings. The topological polar surface area (TPSA) is 115 Å². The third-order valence-electron chi connectivity index (χ3n) is 5.05. The van der Waals surface area contributed by atoms with E-state index >= 15 is 0 Å². The summed E-state index contributed by atoms with van der Waals surface area (Å²) >= 11 is 1.25. The van der Waals surface area contributed by atoms with Gasteiger partial charge in [0.05, 0.1) is 16.2 Å². The number of hydrogen-bond acceptors (Lipinski definition) is 7. The number of thioether (sulfide) groups is 1. The average Bonchev–Trinajstić information content (AvgIpc) is 3.32. The van der Waals surface area contributed by atoms with Crippen LogP contribution in [-0.2, 0) is 4.79 Å². The third-order valence-corrected chi connectivity index (χ3v) is 5.98. The number of nitro benzene ring substituents is 1. The van der Waals surface area contributed by atoms with Crippen LogP contribution >= 0.6 is 11.8 Å². The minimum absolute atomic E-state index is 0.00449. The highest BCUT2D eigenvalue weighted by Gasteiger charge is 2.17. The molecule has 1 aromatic heterocycles. The molecule has 36 heavy (non-hydrogen) atoms. The van der Waals surface area contributed by atoms with Crippen LogP contribution in [0.2, 0.25) is 0 Å². The minimum atomic E-state index is -0.450. The Morgan fingerprint density at radius 1 is 1.06 bits per heavy atom. The molecule has 3 aromatic carbocycles. The number of hydrazone groups is 1. The van der Waals surface area contributed by atoms with Gasteiger partial charge in [0, 0.05) is 23.5 Å². The maximum Gasteiger partial charge on any atom is 0.276 e. The third kappa shape index (κ3) is 6.10. The lowest BCUT2D eigenvalue weighted by molar-refractivity contribution is -0.385. The Labute approximate surface area is 211 Å². The van der Waals surface area contributed by atoms with Gasteiger partial charge in [0.1, 0.15) is 0 Å². The lowest BCUT2D eigenvalue weighted by Crippen LogP contribution is -2.19. The van der Waals surface area contributed by atoms with Crippen molar-refractivity contribution in [3.8, 4) is 17.1 Å². The number of carbonyl (C=O) groups is 1. The molecule has 1 heterocycles. The minimum Gasteiger partial charge on any atom is -0.272 e. The van der Waals surface area contributed by atoms with Crippen LogP contribution in [0, 0.1) is 17.0 Å². The Bertz CT molecular complexity index is 1420. The number of amides is 1. The van der Waals surface area contributed by atoms with Gasteiger partial charge in [-0.25, -0.2) is 5.43 Å². The summed E-state index contributed by atoms with van der Waals surface area (Å²) in [5, 5.41) is 24.2. The summed E-state index contributed by atoms with van der Waals surface area (Å²) in [6.45, 7) is 2.02. The first-order valence-electron chi connectivity index (χ1n) is 11.0. The lowest BCUT2D eigenvalue weighted by Gasteiger charge is -2.10. The molecule has 4 aromatic rings. The highest BCUT2D eigenvalue weighted by atomic mass is 32.2. The first-order chi connectivity index (χ1) is 17.5. The predicted molar refractivity (Wildman–Crippen MR) is 141 cm³/mol. The number of hydrogen-bond donors (Lipinski definition) is 1. The molecule has 1 N–H and O–H groups in total. The number of carbonyl (C=O) groups excluding carboxylic acids is 1. The highest BCUT2D eigenvalue weighted by Crippen LogP contribution is 2.28. The molecule has 180 valence electrons. The molecule has 0 bridgehead atoms. The number of rotatable bonds is 9. The number of benzene rings is 3. The number of allylic oxidation sites excluding steroid dienone is 1. The molecular formula is C26H22N6O3S. The van der Waals surface area contributed by atoms with Crippen molar-refractivity contribution < 1.29 is 9.72 Å². The fourth-order valence-corrected chi connectivity index (χ4v) is 4.06. The summed E-state index contributed by atoms with van der Waals surface area (Å²) in [7, 11) is 0. The van der Waals surface area contributed by atoms with E-state index in [0.717, 1.165) is 16.8 Å². The number of para-hydroxylation sites is 1. The molecule has 0 radical (unpaired) electrons. The van der Waals surface area contributed by atoms with Gasteiger partial charge in [0.15, 0.2) is 11.0 Å². The SMILES string of the molecule is Cc1ccc(-n2c(SCC(=O)NN=CC=Cc3ccccc3[N+](=O)[O-])nnc2-c2ccccc2)cc1. The van der Waals surface area contributed by atoms with E-state index in [-0.39, 0.29) is 17.3 Å². The van der Waals surface area contributed by atoms with Gasteiger partial charge in [-0.05, 0) is 37.3 Å². The summed E-state index contributed by atoms with van der Waals surface area (Å²) in [4.78, 5) is 23.0. The Morgan fingerprint density at radius 3 is 2.53 bits per heavy atom. The van der Waals surface area contributed by atoms with Gasteiger partial charge in [-0.2, -0.15) is 5.10 Å². The van der Waals surface area contributed by atoms with E-state index in [1.807, 2.05) is 66.1 Å². The Balaban J connectivity index is 1.42. The Kier molecular flexibility index (Phi) is 7.99. The van der Waals surface area contributed by atoms with Crippen molar-refractivity contribution in [1.82, 2.24) is 20.2 Å². The zero-order valence-corrected chi connectivity index (χ0v) is 20.1. The van der Waals surface area contributed by atoms with Crippen LogP contribution in [0.25, 0.3) is 23.2 Å². The van der Waals surface area contributed by atoms with Crippen molar-refractivity contribution >= 4 is 35.6 Å². The van der Waals surface area contributed by atoms with Crippen molar-refractivity contribution in [3.05, 3.63) is 106 Å². The van der Waals surface area contributed by atoms with E-state index < -0.39 is 4.92 Å². The fraction of sp³-hybridized carbons (Fsp3) is 0.0769. The van der Waals surface area contributed by atoms with Gasteiger partial charge in [0.25, 0.3) is 11.6 Å². The second kappa shape index (κ2) is 11.7. The maximum atomic E-state index is 12.3. The number of nitrogens with one attached hydrogen (secondary N) is 1. The van der Waals surface area contributed by atoms with E-state index in [9.17, 15) is 14.9 Å². The molecule has 4 rings (SSSR count). The van der Waals surface area contributed by atoms with Crippen molar-refractivity contribution in [2.75, 3.05) is 5.75 Å². The summed E-state index contributed by atoms with van der Waals surface area (Å²) in [6.07, 6.45) is 4.44. The standard InChI is InChI=1S/C26H22N6O3S/c1-19-13-15-22(16-14-19)31-25(21-9-3-2-4-10-21)29-30-26(31)36-18-24(33)28-27-17-7-11-20-8-5-6-12-23(20)32(34)35/h2-17H,18H2,1H3,(H,28,33). The molecule has 0 saturated heterocycles. The Hall–Kier alpha value is -4.57. The molecule has 0 unspecified atom stereocenters. The normalized spacial score (nSPS) is 11.2. The van der Waals surface area contributed by atoms with Crippen LogP contribution in [0.4, 0.5) is 5.69 Å². The van der Waals surface area contributed by atoms with E-state index in [1.165, 1.54) is 30.1 Å². The number of aromatic nitrogens is 3. The zero-order chi connectivity index (χ0) is 25.3. The number of nitro groups is 1. The van der Waals surface area contributed by atoms with Gasteiger partial charge in [-0.1, -0.05) is 71.9 Å². The summed E-state index contributed by atoms with van der Waals surface area (Å²) in [5.41, 5.74) is 5.83. The quantitative estimate of drug-likeness (QED) is 0.149. The van der Waals surface area contributed by atoms with E-state index in [2.05, 4.69) is 20.7 Å². The lowest BCUT2D eigenvalue weighted by atomic mass is 10.2. The second-order valence-electron chi connectivity index (χ2n) is 7.62. The van der Waals surface area contributed by atoms with Crippen LogP contribution in [0.3, 0.4) is 0 Å². The molecule has 0 atom stereocenters. The van der Waals surface area contributed by atoms with E-state index in [4.69, 9.17) is 0 Å². The molecule has 9 nitrogen and oxygen atoms in total. The van der Waals surface area contributed by atoms with Gasteiger partial charge in [0.2, 0.25) is 0 Å². The van der Waals surface area contributed by atoms with E-state index in [1.54, 1.807) is 24.3 Å². The second-order valence-corrected chi connectivity index (χ2v) is 8.56. The van der Waals surface area contributed by atoms with Gasteiger partial charge in [-0.15, -0.1) is 10.2 Å². The van der Waals surface area contributed by atoms with Crippen LogP contribution < -0.4 is 5.43 Å². The molecular weight excluding hydrogens is 476 g/mol. The van der Waals surface area contributed by atoms with Crippen LogP contribution in [0.1, 0.15) is 11.1 Å². The molecule has 1 amide bonds. The monoisotopic (exact) mass is 498 g/mol. The van der Waals surface area contributed by atoms with Crippen molar-refractivity contribution in [1.29, 1.82) is 0 Å². The summed E-state index contributed by atoms with van der Waals surface area (Å²) in [5.74, 6) is 0.430. The first-order valence-corrected chi connectivity index (χ1v) is 11.9. The first kappa shape index (κ1) is 24.6. The molecule has 0 saturated carbocycles. The van der Waals surface area contributed by atoms with Crippen LogP contribution in [0.15, 0.2) is 95.2 Å². The zero-order valence-electron chi connectivity index (χ0n) is 19.3. The highest BCUT2D eigenvalue weighted by molar-refractivity contribution is 7.99.